The van der Waals surface area contributed by atoms with Gasteiger partial charge in [0.05, 0.1) is 0 Å². The van der Waals surface area contributed by atoms with Crippen LogP contribution in [0.2, 0.25) is 0 Å². The Balaban J connectivity index is 1.90. The van der Waals surface area contributed by atoms with Gasteiger partial charge in [0, 0.05) is 4.83 Å². The SMILES string of the molecule is Cc1ccc(F)cc1CCC(Br)C1CCCC1. The highest BCUT2D eigenvalue weighted by Crippen LogP contribution is 2.33. The van der Waals surface area contributed by atoms with Gasteiger partial charge in [0.2, 0.25) is 0 Å². The summed E-state index contributed by atoms with van der Waals surface area (Å²) in [6, 6.07) is 5.11. The van der Waals surface area contributed by atoms with Crippen LogP contribution in [0.3, 0.4) is 0 Å². The molecule has 0 saturated heterocycles. The Morgan fingerprint density at radius 3 is 2.76 bits per heavy atom. The Morgan fingerprint density at radius 1 is 1.35 bits per heavy atom. The third kappa shape index (κ3) is 3.54. The molecule has 17 heavy (non-hydrogen) atoms. The van der Waals surface area contributed by atoms with Crippen molar-refractivity contribution in [1.82, 2.24) is 0 Å². The van der Waals surface area contributed by atoms with Gasteiger partial charge in [-0.1, -0.05) is 34.8 Å². The fourth-order valence-corrected chi connectivity index (χ4v) is 3.52. The van der Waals surface area contributed by atoms with Crippen LogP contribution in [0.15, 0.2) is 18.2 Å². The van der Waals surface area contributed by atoms with E-state index in [1.54, 1.807) is 12.1 Å². The number of hydrogen-bond donors (Lipinski definition) is 0. The van der Waals surface area contributed by atoms with Crippen LogP contribution < -0.4 is 0 Å². The maximum atomic E-state index is 13.2. The molecular formula is C15H20BrF. The van der Waals surface area contributed by atoms with Crippen LogP contribution in [-0.4, -0.2) is 4.83 Å². The van der Waals surface area contributed by atoms with Gasteiger partial charge < -0.3 is 0 Å². The molecule has 1 fully saturated rings. The summed E-state index contributed by atoms with van der Waals surface area (Å²) >= 11 is 3.81. The van der Waals surface area contributed by atoms with Crippen molar-refractivity contribution in [3.8, 4) is 0 Å². The molecule has 0 aliphatic heterocycles. The van der Waals surface area contributed by atoms with Crippen LogP contribution in [0.4, 0.5) is 4.39 Å². The minimum absolute atomic E-state index is 0.113. The maximum absolute atomic E-state index is 13.2. The fraction of sp³-hybridized carbons (Fsp3) is 0.600. The summed E-state index contributed by atoms with van der Waals surface area (Å²) in [5.41, 5.74) is 2.37. The number of alkyl halides is 1. The minimum atomic E-state index is -0.113. The molecule has 0 bridgehead atoms. The van der Waals surface area contributed by atoms with Crippen LogP contribution in [0.5, 0.6) is 0 Å². The maximum Gasteiger partial charge on any atom is 0.123 e. The smallest absolute Gasteiger partial charge is 0.123 e. The van der Waals surface area contributed by atoms with E-state index in [1.807, 2.05) is 6.07 Å². The zero-order valence-electron chi connectivity index (χ0n) is 10.4. The van der Waals surface area contributed by atoms with Gasteiger partial charge in [-0.05, 0) is 61.8 Å². The second-order valence-electron chi connectivity index (χ2n) is 5.17. The van der Waals surface area contributed by atoms with E-state index < -0.39 is 0 Å². The topological polar surface area (TPSA) is 0 Å². The fourth-order valence-electron chi connectivity index (χ4n) is 2.76. The molecule has 1 aromatic rings. The molecule has 1 atom stereocenters. The lowest BCUT2D eigenvalue weighted by Gasteiger charge is -2.17. The molecule has 0 spiro atoms. The third-order valence-electron chi connectivity index (χ3n) is 3.91. The Bertz CT molecular complexity index is 369. The molecule has 0 aromatic heterocycles. The molecule has 0 nitrogen and oxygen atoms in total. The summed E-state index contributed by atoms with van der Waals surface area (Å²) in [4.78, 5) is 0.604. The summed E-state index contributed by atoms with van der Waals surface area (Å²) in [5.74, 6) is 0.724. The monoisotopic (exact) mass is 298 g/mol. The van der Waals surface area contributed by atoms with Crippen molar-refractivity contribution < 1.29 is 4.39 Å². The van der Waals surface area contributed by atoms with E-state index in [0.717, 1.165) is 24.3 Å². The predicted molar refractivity (Wildman–Crippen MR) is 74.1 cm³/mol. The first kappa shape index (κ1) is 13.1. The van der Waals surface area contributed by atoms with Crippen molar-refractivity contribution in [2.45, 2.75) is 50.3 Å². The van der Waals surface area contributed by atoms with E-state index in [9.17, 15) is 4.39 Å². The van der Waals surface area contributed by atoms with Crippen molar-refractivity contribution in [3.05, 3.63) is 35.1 Å². The zero-order chi connectivity index (χ0) is 12.3. The number of halogens is 2. The van der Waals surface area contributed by atoms with Crippen LogP contribution in [-0.2, 0) is 6.42 Å². The van der Waals surface area contributed by atoms with Crippen molar-refractivity contribution in [2.24, 2.45) is 5.92 Å². The Hall–Kier alpha value is -0.370. The molecule has 0 radical (unpaired) electrons. The van der Waals surface area contributed by atoms with Gasteiger partial charge in [-0.25, -0.2) is 4.39 Å². The van der Waals surface area contributed by atoms with Crippen molar-refractivity contribution in [2.75, 3.05) is 0 Å². The average molecular weight is 299 g/mol. The number of aryl methyl sites for hydroxylation is 2. The molecule has 94 valence electrons. The van der Waals surface area contributed by atoms with Crippen LogP contribution >= 0.6 is 15.9 Å². The minimum Gasteiger partial charge on any atom is -0.207 e. The summed E-state index contributed by atoms with van der Waals surface area (Å²) < 4.78 is 13.2. The molecule has 0 amide bonds. The Morgan fingerprint density at radius 2 is 2.06 bits per heavy atom. The largest absolute Gasteiger partial charge is 0.207 e. The van der Waals surface area contributed by atoms with Crippen LogP contribution in [0, 0.1) is 18.7 Å². The van der Waals surface area contributed by atoms with Gasteiger partial charge in [0.15, 0.2) is 0 Å². The molecular weight excluding hydrogens is 279 g/mol. The van der Waals surface area contributed by atoms with Gasteiger partial charge >= 0.3 is 0 Å². The normalized spacial score (nSPS) is 18.5. The predicted octanol–water partition coefficient (Wildman–Crippen LogP) is 5.02. The lowest BCUT2D eigenvalue weighted by molar-refractivity contribution is 0.505. The Labute approximate surface area is 112 Å². The molecule has 1 unspecified atom stereocenters. The van der Waals surface area contributed by atoms with Crippen LogP contribution in [0.25, 0.3) is 0 Å². The second-order valence-corrected chi connectivity index (χ2v) is 6.35. The van der Waals surface area contributed by atoms with E-state index in [-0.39, 0.29) is 5.82 Å². The van der Waals surface area contributed by atoms with E-state index >= 15 is 0 Å². The highest BCUT2D eigenvalue weighted by molar-refractivity contribution is 9.09. The van der Waals surface area contributed by atoms with E-state index in [4.69, 9.17) is 0 Å². The summed E-state index contributed by atoms with van der Waals surface area (Å²) in [6.45, 7) is 2.06. The van der Waals surface area contributed by atoms with Gasteiger partial charge in [0.25, 0.3) is 0 Å². The summed E-state index contributed by atoms with van der Waals surface area (Å²) in [6.07, 6.45) is 7.58. The lowest BCUT2D eigenvalue weighted by Crippen LogP contribution is -2.12. The average Bonchev–Trinajstić information content (AvgIpc) is 2.83. The molecule has 2 rings (SSSR count). The quantitative estimate of drug-likeness (QED) is 0.685. The van der Waals surface area contributed by atoms with E-state index in [2.05, 4.69) is 22.9 Å². The first-order valence-corrected chi connectivity index (χ1v) is 7.47. The zero-order valence-corrected chi connectivity index (χ0v) is 12.0. The van der Waals surface area contributed by atoms with Crippen LogP contribution in [0.1, 0.15) is 43.2 Å². The standard InChI is InChI=1S/C15H20BrF/c1-11-6-8-14(17)10-13(11)7-9-15(16)12-4-2-3-5-12/h6,8,10,12,15H,2-5,7,9H2,1H3. The highest BCUT2D eigenvalue weighted by atomic mass is 79.9. The number of hydrogen-bond acceptors (Lipinski definition) is 0. The first-order chi connectivity index (χ1) is 8.16. The number of rotatable bonds is 4. The lowest BCUT2D eigenvalue weighted by atomic mass is 9.96. The highest BCUT2D eigenvalue weighted by Gasteiger charge is 2.22. The van der Waals surface area contributed by atoms with Gasteiger partial charge in [-0.3, -0.25) is 0 Å². The van der Waals surface area contributed by atoms with Crippen molar-refractivity contribution in [3.63, 3.8) is 0 Å². The molecule has 1 aliphatic carbocycles. The molecule has 2 heteroatoms. The Kier molecular flexibility index (Phi) is 4.61. The van der Waals surface area contributed by atoms with Crippen molar-refractivity contribution >= 4 is 15.9 Å². The molecule has 1 saturated carbocycles. The van der Waals surface area contributed by atoms with Gasteiger partial charge in [-0.2, -0.15) is 0 Å². The number of benzene rings is 1. The second kappa shape index (κ2) is 5.99. The van der Waals surface area contributed by atoms with Gasteiger partial charge in [-0.15, -0.1) is 0 Å². The van der Waals surface area contributed by atoms with E-state index in [1.165, 1.54) is 31.2 Å². The summed E-state index contributed by atoms with van der Waals surface area (Å²) in [5, 5.41) is 0. The van der Waals surface area contributed by atoms with Gasteiger partial charge in [0.1, 0.15) is 5.82 Å². The summed E-state index contributed by atoms with van der Waals surface area (Å²) in [7, 11) is 0. The molecule has 1 aromatic carbocycles. The molecule has 0 heterocycles. The van der Waals surface area contributed by atoms with Crippen molar-refractivity contribution in [1.29, 1.82) is 0 Å². The first-order valence-electron chi connectivity index (χ1n) is 6.56. The molecule has 1 aliphatic rings. The molecule has 0 N–H and O–H groups in total. The third-order valence-corrected chi connectivity index (χ3v) is 5.12. The van der Waals surface area contributed by atoms with E-state index in [0.29, 0.717) is 4.83 Å².